The molecule has 0 radical (unpaired) electrons. The number of carbonyl (C=O) groups excluding carboxylic acids is 1. The lowest BCUT2D eigenvalue weighted by molar-refractivity contribution is -0.120. The molecule has 112 valence electrons. The van der Waals surface area contributed by atoms with Gasteiger partial charge in [-0.1, -0.05) is 12.2 Å². The molecule has 1 aliphatic carbocycles. The summed E-state index contributed by atoms with van der Waals surface area (Å²) in [6.07, 6.45) is 8.80. The van der Waals surface area contributed by atoms with Gasteiger partial charge < -0.3 is 10.7 Å². The van der Waals surface area contributed by atoms with Crippen molar-refractivity contribution in [2.24, 2.45) is 0 Å². The van der Waals surface area contributed by atoms with E-state index in [-0.39, 0.29) is 18.3 Å². The van der Waals surface area contributed by atoms with Gasteiger partial charge in [-0.2, -0.15) is 0 Å². The monoisotopic (exact) mass is 292 g/mol. The van der Waals surface area contributed by atoms with Crippen molar-refractivity contribution >= 4 is 11.7 Å². The van der Waals surface area contributed by atoms with Gasteiger partial charge in [-0.3, -0.25) is 20.0 Å². The summed E-state index contributed by atoms with van der Waals surface area (Å²) in [6.45, 7) is -0.155. The Morgan fingerprint density at radius 1 is 1.38 bits per heavy atom. The van der Waals surface area contributed by atoms with Gasteiger partial charge in [0.1, 0.15) is 0 Å². The summed E-state index contributed by atoms with van der Waals surface area (Å²) in [6, 6.07) is 0. The summed E-state index contributed by atoms with van der Waals surface area (Å²) in [5.74, 6) is -0.494. The zero-order valence-corrected chi connectivity index (χ0v) is 11.2. The Morgan fingerprint density at radius 3 is 2.95 bits per heavy atom. The molecule has 2 rings (SSSR count). The Hall–Kier alpha value is -2.84. The van der Waals surface area contributed by atoms with Crippen LogP contribution in [-0.4, -0.2) is 27.6 Å². The van der Waals surface area contributed by atoms with Crippen LogP contribution in [0.15, 0.2) is 33.5 Å². The van der Waals surface area contributed by atoms with E-state index >= 15 is 0 Å². The molecule has 9 nitrogen and oxygen atoms in total. The molecular weight excluding hydrogens is 276 g/mol. The van der Waals surface area contributed by atoms with Crippen LogP contribution >= 0.6 is 0 Å². The van der Waals surface area contributed by atoms with Crippen LogP contribution in [0.2, 0.25) is 0 Å². The minimum Gasteiger partial charge on any atom is -0.355 e. The quantitative estimate of drug-likeness (QED) is 0.353. The van der Waals surface area contributed by atoms with Crippen LogP contribution < -0.4 is 27.4 Å². The highest BCUT2D eigenvalue weighted by atomic mass is 16.2. The van der Waals surface area contributed by atoms with Crippen LogP contribution in [0.25, 0.3) is 0 Å². The van der Waals surface area contributed by atoms with Crippen molar-refractivity contribution in [2.45, 2.75) is 19.3 Å². The molecule has 1 heterocycles. The number of aromatic nitrogens is 3. The first kappa shape index (κ1) is 14.6. The van der Waals surface area contributed by atoms with Gasteiger partial charge in [-0.05, 0) is 24.8 Å². The fourth-order valence-electron chi connectivity index (χ4n) is 1.75. The molecule has 0 saturated carbocycles. The van der Waals surface area contributed by atoms with Gasteiger partial charge in [0, 0.05) is 6.20 Å². The molecule has 1 amide bonds. The Balaban J connectivity index is 1.76. The number of hydrogen-bond donors (Lipinski definition) is 5. The second-order valence-electron chi connectivity index (χ2n) is 4.42. The van der Waals surface area contributed by atoms with Crippen molar-refractivity contribution in [1.29, 1.82) is 0 Å². The zero-order chi connectivity index (χ0) is 15.1. The lowest BCUT2D eigenvalue weighted by atomic mass is 10.0. The highest BCUT2D eigenvalue weighted by Crippen LogP contribution is 2.15. The van der Waals surface area contributed by atoms with Gasteiger partial charge in [0.15, 0.2) is 0 Å². The maximum absolute atomic E-state index is 11.5. The number of carbonyl (C=O) groups is 1. The molecule has 0 aromatic carbocycles. The van der Waals surface area contributed by atoms with Crippen LogP contribution in [0.5, 0.6) is 0 Å². The summed E-state index contributed by atoms with van der Waals surface area (Å²) in [5, 5.41) is 8.07. The first-order chi connectivity index (χ1) is 10.1. The van der Waals surface area contributed by atoms with E-state index in [4.69, 9.17) is 0 Å². The summed E-state index contributed by atoms with van der Waals surface area (Å²) < 4.78 is 0. The molecule has 1 aliphatic rings. The van der Waals surface area contributed by atoms with E-state index in [1.807, 2.05) is 4.98 Å². The summed E-state index contributed by atoms with van der Waals surface area (Å²) in [7, 11) is 0. The van der Waals surface area contributed by atoms with E-state index in [1.54, 1.807) is 6.20 Å². The second kappa shape index (κ2) is 7.08. The number of amides is 1. The van der Waals surface area contributed by atoms with Gasteiger partial charge >= 0.3 is 5.69 Å². The summed E-state index contributed by atoms with van der Waals surface area (Å²) in [4.78, 5) is 35.6. The lowest BCUT2D eigenvalue weighted by Gasteiger charge is -2.10. The van der Waals surface area contributed by atoms with Gasteiger partial charge in [-0.15, -0.1) is 5.10 Å². The second-order valence-corrected chi connectivity index (χ2v) is 4.42. The maximum Gasteiger partial charge on any atom is 0.342 e. The molecule has 9 heteroatoms. The van der Waals surface area contributed by atoms with E-state index < -0.39 is 11.2 Å². The van der Waals surface area contributed by atoms with Crippen molar-refractivity contribution in [3.05, 3.63) is 44.8 Å². The van der Waals surface area contributed by atoms with Gasteiger partial charge in [0.05, 0.1) is 6.54 Å². The molecule has 1 aromatic heterocycles. The minimum atomic E-state index is -0.704. The van der Waals surface area contributed by atoms with E-state index in [9.17, 15) is 14.4 Å². The van der Waals surface area contributed by atoms with Gasteiger partial charge in [-0.25, -0.2) is 9.89 Å². The lowest BCUT2D eigenvalue weighted by Crippen LogP contribution is -2.39. The molecule has 0 fully saturated rings. The highest BCUT2D eigenvalue weighted by molar-refractivity contribution is 5.79. The molecular formula is C12H16N6O3. The summed E-state index contributed by atoms with van der Waals surface area (Å²) in [5.41, 5.74) is 4.99. The number of nitrogens with zero attached hydrogens (tertiary/aromatic N) is 1. The average Bonchev–Trinajstić information content (AvgIpc) is 2.47. The molecule has 21 heavy (non-hydrogen) atoms. The predicted octanol–water partition coefficient (Wildman–Crippen LogP) is -0.885. The third kappa shape index (κ3) is 4.64. The number of allylic oxidation sites excluding steroid dienone is 3. The smallest absolute Gasteiger partial charge is 0.342 e. The fraction of sp³-hybridized carbons (Fsp3) is 0.333. The standard InChI is InChI=1S/C12H16N6O3/c19-9(16-14-6-8-4-2-1-3-5-8)7-13-10-11(20)15-12(21)18-17-10/h1-2,6,14H,3-5,7H2,(H,13,17)(H,16,19)(H2,15,18,20,21). The fourth-order valence-corrected chi connectivity index (χ4v) is 1.75. The van der Waals surface area contributed by atoms with E-state index in [1.165, 1.54) is 5.57 Å². The topological polar surface area (TPSA) is 132 Å². The first-order valence-electron chi connectivity index (χ1n) is 6.45. The van der Waals surface area contributed by atoms with Crippen molar-refractivity contribution < 1.29 is 4.79 Å². The molecule has 5 N–H and O–H groups in total. The highest BCUT2D eigenvalue weighted by Gasteiger charge is 2.05. The van der Waals surface area contributed by atoms with Crippen molar-refractivity contribution in [3.8, 4) is 0 Å². The number of rotatable bonds is 5. The van der Waals surface area contributed by atoms with E-state index in [0.717, 1.165) is 19.3 Å². The SMILES string of the molecule is O=C(CNc1n[nH]c(=O)[nH]c1=O)NNC=C1CC=CCC1. The maximum atomic E-state index is 11.5. The van der Waals surface area contributed by atoms with Crippen LogP contribution in [0, 0.1) is 0 Å². The predicted molar refractivity (Wildman–Crippen MR) is 76.3 cm³/mol. The summed E-state index contributed by atoms with van der Waals surface area (Å²) >= 11 is 0. The van der Waals surface area contributed by atoms with Crippen molar-refractivity contribution in [2.75, 3.05) is 11.9 Å². The van der Waals surface area contributed by atoms with Crippen LogP contribution in [0.3, 0.4) is 0 Å². The van der Waals surface area contributed by atoms with Gasteiger partial charge in [0.2, 0.25) is 5.82 Å². The minimum absolute atomic E-state index is 0.125. The zero-order valence-electron chi connectivity index (χ0n) is 11.2. The third-order valence-electron chi connectivity index (χ3n) is 2.79. The Bertz CT molecular complexity index is 672. The van der Waals surface area contributed by atoms with E-state index in [0.29, 0.717) is 0 Å². The molecule has 0 bridgehead atoms. The molecule has 0 aliphatic heterocycles. The van der Waals surface area contributed by atoms with Crippen LogP contribution in [-0.2, 0) is 4.79 Å². The van der Waals surface area contributed by atoms with E-state index in [2.05, 4.69) is 38.5 Å². The molecule has 0 unspecified atom stereocenters. The molecule has 1 aromatic rings. The van der Waals surface area contributed by atoms with Gasteiger partial charge in [0.25, 0.3) is 11.5 Å². The Kier molecular flexibility index (Phi) is 4.91. The third-order valence-corrected chi connectivity index (χ3v) is 2.79. The first-order valence-corrected chi connectivity index (χ1v) is 6.45. The number of nitrogens with one attached hydrogen (secondary N) is 5. The van der Waals surface area contributed by atoms with Crippen molar-refractivity contribution in [1.82, 2.24) is 26.0 Å². The van der Waals surface area contributed by atoms with Crippen molar-refractivity contribution in [3.63, 3.8) is 0 Å². The number of anilines is 1. The largest absolute Gasteiger partial charge is 0.355 e. The van der Waals surface area contributed by atoms with Crippen LogP contribution in [0.1, 0.15) is 19.3 Å². The number of H-pyrrole nitrogens is 2. The Morgan fingerprint density at radius 2 is 2.24 bits per heavy atom. The Labute approximate surface area is 119 Å². The molecule has 0 atom stereocenters. The molecule has 0 spiro atoms. The average molecular weight is 292 g/mol. The number of hydrazine groups is 1. The normalized spacial score (nSPS) is 15.7. The van der Waals surface area contributed by atoms with Crippen LogP contribution in [0.4, 0.5) is 5.82 Å². The number of hydrogen-bond acceptors (Lipinski definition) is 6. The molecule has 0 saturated heterocycles. The number of aromatic amines is 2.